The third-order valence-corrected chi connectivity index (χ3v) is 8.10. The third kappa shape index (κ3) is 2.80. The van der Waals surface area contributed by atoms with E-state index in [9.17, 15) is 0 Å². The van der Waals surface area contributed by atoms with E-state index in [1.165, 1.54) is 38.6 Å². The summed E-state index contributed by atoms with van der Waals surface area (Å²) in [4.78, 5) is 2.65. The van der Waals surface area contributed by atoms with Gasteiger partial charge in [-0.1, -0.05) is 6.92 Å². The highest BCUT2D eigenvalue weighted by Crippen LogP contribution is 2.44. The van der Waals surface area contributed by atoms with Crippen LogP contribution in [0.15, 0.2) is 15.7 Å². The zero-order valence-corrected chi connectivity index (χ0v) is 14.7. The van der Waals surface area contributed by atoms with Gasteiger partial charge in [-0.2, -0.15) is 0 Å². The first-order valence-corrected chi connectivity index (χ1v) is 10.2. The van der Waals surface area contributed by atoms with E-state index in [2.05, 4.69) is 47.4 Å². The van der Waals surface area contributed by atoms with E-state index in [-0.39, 0.29) is 0 Å². The number of nitrogens with one attached hydrogen (secondary N) is 1. The zero-order valence-electron chi connectivity index (χ0n) is 13.0. The summed E-state index contributed by atoms with van der Waals surface area (Å²) in [5.41, 5.74) is 1.57. The van der Waals surface area contributed by atoms with Crippen molar-refractivity contribution in [1.82, 2.24) is 10.2 Å². The van der Waals surface area contributed by atoms with Gasteiger partial charge in [0.15, 0.2) is 0 Å². The minimum absolute atomic E-state index is 0.597. The molecule has 2 saturated heterocycles. The summed E-state index contributed by atoms with van der Waals surface area (Å²) in [6, 6.07) is 4.68. The Hall–Kier alpha value is -0.0300. The molecule has 1 aromatic heterocycles. The zero-order chi connectivity index (χ0) is 14.4. The molecule has 116 valence electrons. The summed E-state index contributed by atoms with van der Waals surface area (Å²) >= 11 is 3.99. The van der Waals surface area contributed by atoms with Gasteiger partial charge in [0.25, 0.3) is 0 Å². The van der Waals surface area contributed by atoms with Gasteiger partial charge in [-0.15, -0.1) is 23.1 Å². The lowest BCUT2D eigenvalue weighted by atomic mass is 9.90. The first kappa shape index (κ1) is 14.6. The van der Waals surface area contributed by atoms with Gasteiger partial charge >= 0.3 is 0 Å². The molecular weight excluding hydrogens is 296 g/mol. The maximum Gasteiger partial charge on any atom is 0.0649 e. The van der Waals surface area contributed by atoms with Crippen molar-refractivity contribution in [2.45, 2.75) is 66.6 Å². The Morgan fingerprint density at radius 2 is 2.00 bits per heavy atom. The quantitative estimate of drug-likeness (QED) is 0.900. The monoisotopic (exact) mass is 322 g/mol. The number of hydrogen-bond donors (Lipinski definition) is 1. The Morgan fingerprint density at radius 1 is 1.24 bits per heavy atom. The highest BCUT2D eigenvalue weighted by Gasteiger charge is 2.38. The Labute approximate surface area is 136 Å². The van der Waals surface area contributed by atoms with Crippen LogP contribution >= 0.6 is 23.1 Å². The van der Waals surface area contributed by atoms with Crippen molar-refractivity contribution in [3.05, 3.63) is 17.0 Å². The van der Waals surface area contributed by atoms with E-state index < -0.39 is 0 Å². The summed E-state index contributed by atoms with van der Waals surface area (Å²) in [7, 11) is 2.34. The lowest BCUT2D eigenvalue weighted by Gasteiger charge is -2.37. The standard InChI is InChI=1S/C17H26N2S2/c1-11-7-16(15-5-6-20-17(15)21-11)18-10-12-8-13-3-4-14(9-12)19(13)2/h5-6,11-14,16,18H,3-4,7-10H2,1-2H3/t11-,12?,13?,14?,16?/m0/s1. The molecule has 4 heteroatoms. The van der Waals surface area contributed by atoms with Crippen LogP contribution in [-0.2, 0) is 0 Å². The first-order valence-electron chi connectivity index (χ1n) is 8.40. The van der Waals surface area contributed by atoms with Gasteiger partial charge in [0.05, 0.1) is 4.21 Å². The van der Waals surface area contributed by atoms with Crippen LogP contribution in [0.1, 0.15) is 50.6 Å². The molecule has 4 atom stereocenters. The van der Waals surface area contributed by atoms with Crippen LogP contribution < -0.4 is 5.32 Å². The fourth-order valence-electron chi connectivity index (χ4n) is 4.54. The second-order valence-electron chi connectivity index (χ2n) is 7.18. The molecule has 3 unspecified atom stereocenters. The number of thioether (sulfide) groups is 1. The second-order valence-corrected chi connectivity index (χ2v) is 9.80. The molecular formula is C17H26N2S2. The number of rotatable bonds is 3. The van der Waals surface area contributed by atoms with Crippen LogP contribution in [-0.4, -0.2) is 35.8 Å². The molecule has 1 N–H and O–H groups in total. The van der Waals surface area contributed by atoms with E-state index in [4.69, 9.17) is 0 Å². The van der Waals surface area contributed by atoms with E-state index in [1.54, 1.807) is 9.77 Å². The summed E-state index contributed by atoms with van der Waals surface area (Å²) in [5.74, 6) is 0.894. The number of nitrogens with zero attached hydrogens (tertiary/aromatic N) is 1. The molecule has 4 heterocycles. The predicted molar refractivity (Wildman–Crippen MR) is 92.3 cm³/mol. The van der Waals surface area contributed by atoms with Crippen molar-refractivity contribution in [3.63, 3.8) is 0 Å². The molecule has 2 nitrogen and oxygen atoms in total. The topological polar surface area (TPSA) is 15.3 Å². The van der Waals surface area contributed by atoms with Gasteiger partial charge in [0, 0.05) is 23.4 Å². The molecule has 0 amide bonds. The normalized spacial score (nSPS) is 39.4. The van der Waals surface area contributed by atoms with E-state index in [0.717, 1.165) is 23.3 Å². The van der Waals surface area contributed by atoms with Crippen LogP contribution in [0.2, 0.25) is 0 Å². The van der Waals surface area contributed by atoms with Gasteiger partial charge in [-0.05, 0) is 68.6 Å². The highest BCUT2D eigenvalue weighted by molar-refractivity contribution is 8.01. The van der Waals surface area contributed by atoms with Crippen molar-refractivity contribution >= 4 is 23.1 Å². The van der Waals surface area contributed by atoms with Crippen molar-refractivity contribution in [3.8, 4) is 0 Å². The van der Waals surface area contributed by atoms with Crippen LogP contribution in [0.25, 0.3) is 0 Å². The van der Waals surface area contributed by atoms with E-state index >= 15 is 0 Å². The van der Waals surface area contributed by atoms with Crippen LogP contribution in [0.5, 0.6) is 0 Å². The molecule has 3 aliphatic heterocycles. The van der Waals surface area contributed by atoms with Crippen molar-refractivity contribution in [1.29, 1.82) is 0 Å². The minimum Gasteiger partial charge on any atom is -0.310 e. The summed E-state index contributed by atoms with van der Waals surface area (Å²) in [5, 5.41) is 6.94. The maximum absolute atomic E-state index is 3.92. The SMILES string of the molecule is C[C@H]1CC(NCC2CC3CCC(C2)N3C)c2ccsc2S1. The fraction of sp³-hybridized carbons (Fsp3) is 0.765. The molecule has 0 aromatic carbocycles. The summed E-state index contributed by atoms with van der Waals surface area (Å²) in [6.45, 7) is 3.59. The molecule has 0 aliphatic carbocycles. The molecule has 0 spiro atoms. The van der Waals surface area contributed by atoms with Crippen LogP contribution in [0.3, 0.4) is 0 Å². The van der Waals surface area contributed by atoms with E-state index in [1.807, 2.05) is 11.3 Å². The molecule has 3 aliphatic rings. The molecule has 2 bridgehead atoms. The van der Waals surface area contributed by atoms with Crippen molar-refractivity contribution in [2.24, 2.45) is 5.92 Å². The molecule has 21 heavy (non-hydrogen) atoms. The average Bonchev–Trinajstić information content (AvgIpc) is 2.98. The first-order chi connectivity index (χ1) is 10.2. The molecule has 2 fully saturated rings. The highest BCUT2D eigenvalue weighted by atomic mass is 32.2. The maximum atomic E-state index is 3.92. The van der Waals surface area contributed by atoms with Gasteiger partial charge in [-0.3, -0.25) is 0 Å². The third-order valence-electron chi connectivity index (χ3n) is 5.76. The summed E-state index contributed by atoms with van der Waals surface area (Å²) in [6.07, 6.45) is 6.97. The number of thiophene rings is 1. The van der Waals surface area contributed by atoms with Crippen molar-refractivity contribution < 1.29 is 0 Å². The Morgan fingerprint density at radius 3 is 2.76 bits per heavy atom. The van der Waals surface area contributed by atoms with Gasteiger partial charge in [-0.25, -0.2) is 0 Å². The Kier molecular flexibility index (Phi) is 4.07. The van der Waals surface area contributed by atoms with Gasteiger partial charge in [0.2, 0.25) is 0 Å². The smallest absolute Gasteiger partial charge is 0.0649 e. The number of fused-ring (bicyclic) bond motifs is 3. The molecule has 0 saturated carbocycles. The Balaban J connectivity index is 1.38. The second kappa shape index (κ2) is 5.88. The molecule has 1 aromatic rings. The largest absolute Gasteiger partial charge is 0.310 e. The molecule has 0 radical (unpaired) electrons. The minimum atomic E-state index is 0.597. The van der Waals surface area contributed by atoms with Crippen molar-refractivity contribution in [2.75, 3.05) is 13.6 Å². The lowest BCUT2D eigenvalue weighted by molar-refractivity contribution is 0.131. The number of piperidine rings is 1. The van der Waals surface area contributed by atoms with Crippen LogP contribution in [0.4, 0.5) is 0 Å². The summed E-state index contributed by atoms with van der Waals surface area (Å²) < 4.78 is 1.55. The molecule has 4 rings (SSSR count). The fourth-order valence-corrected chi connectivity index (χ4v) is 7.11. The van der Waals surface area contributed by atoms with Gasteiger partial charge in [0.1, 0.15) is 0 Å². The number of hydrogen-bond acceptors (Lipinski definition) is 4. The average molecular weight is 323 g/mol. The van der Waals surface area contributed by atoms with Gasteiger partial charge < -0.3 is 10.2 Å². The lowest BCUT2D eigenvalue weighted by Crippen LogP contribution is -2.43. The van der Waals surface area contributed by atoms with E-state index in [0.29, 0.717) is 6.04 Å². The Bertz CT molecular complexity index is 487. The van der Waals surface area contributed by atoms with Crippen LogP contribution in [0, 0.1) is 5.92 Å². The predicted octanol–water partition coefficient (Wildman–Crippen LogP) is 4.14.